The van der Waals surface area contributed by atoms with Crippen molar-refractivity contribution in [1.29, 1.82) is 0 Å². The molecule has 0 spiro atoms. The summed E-state index contributed by atoms with van der Waals surface area (Å²) in [4.78, 5) is 18.2. The average Bonchev–Trinajstić information content (AvgIpc) is 3.07. The molecule has 1 aromatic carbocycles. The molecule has 3 heterocycles. The van der Waals surface area contributed by atoms with E-state index in [4.69, 9.17) is 0 Å². The number of carbonyl (C=O) groups excluding carboxylic acids is 1. The predicted octanol–water partition coefficient (Wildman–Crippen LogP) is 1.78. The molecule has 1 aromatic heterocycles. The molecule has 2 atom stereocenters. The number of rotatable bonds is 3. The number of aromatic nitrogens is 1. The van der Waals surface area contributed by atoms with Crippen molar-refractivity contribution < 1.29 is 13.2 Å². The lowest BCUT2D eigenvalue weighted by Gasteiger charge is -2.34. The summed E-state index contributed by atoms with van der Waals surface area (Å²) in [7, 11) is -3.03. The van der Waals surface area contributed by atoms with Crippen LogP contribution in [-0.2, 0) is 21.1 Å². The van der Waals surface area contributed by atoms with Crippen molar-refractivity contribution in [3.63, 3.8) is 0 Å². The number of hydrogen-bond acceptors (Lipinski definition) is 4. The molecule has 0 unspecified atom stereocenters. The van der Waals surface area contributed by atoms with Gasteiger partial charge < -0.3 is 10.3 Å². The van der Waals surface area contributed by atoms with Gasteiger partial charge in [0, 0.05) is 29.2 Å². The highest BCUT2D eigenvalue weighted by atomic mass is 32.2. The molecule has 6 nitrogen and oxygen atoms in total. The number of nitrogens with one attached hydrogen (secondary N) is 2. The second kappa shape index (κ2) is 6.09. The number of hydrogen-bond donors (Lipinski definition) is 2. The zero-order chi connectivity index (χ0) is 18.5. The number of H-pyrrole nitrogens is 1. The van der Waals surface area contributed by atoms with Crippen molar-refractivity contribution in [3.8, 4) is 0 Å². The van der Waals surface area contributed by atoms with Gasteiger partial charge in [-0.05, 0) is 38.3 Å². The van der Waals surface area contributed by atoms with Gasteiger partial charge in [-0.25, -0.2) is 8.42 Å². The molecule has 0 saturated carbocycles. The Labute approximate surface area is 153 Å². The van der Waals surface area contributed by atoms with E-state index in [-0.39, 0.29) is 30.0 Å². The van der Waals surface area contributed by atoms with Gasteiger partial charge in [-0.2, -0.15) is 0 Å². The minimum Gasteiger partial charge on any atom is -0.357 e. The zero-order valence-corrected chi connectivity index (χ0v) is 16.0. The fourth-order valence-electron chi connectivity index (χ4n) is 4.36. The Morgan fingerprint density at radius 2 is 2.15 bits per heavy atom. The van der Waals surface area contributed by atoms with Crippen LogP contribution in [0, 0.1) is 0 Å². The van der Waals surface area contributed by atoms with Crippen LogP contribution in [0.1, 0.15) is 37.6 Å². The van der Waals surface area contributed by atoms with E-state index in [0.717, 1.165) is 18.5 Å². The van der Waals surface area contributed by atoms with E-state index >= 15 is 0 Å². The van der Waals surface area contributed by atoms with E-state index in [1.165, 1.54) is 16.6 Å². The third-order valence-corrected chi connectivity index (χ3v) is 7.66. The van der Waals surface area contributed by atoms with Crippen LogP contribution in [0.15, 0.2) is 24.3 Å². The molecule has 1 amide bonds. The lowest BCUT2D eigenvalue weighted by Crippen LogP contribution is -2.51. The molecule has 4 rings (SSSR count). The highest BCUT2D eigenvalue weighted by molar-refractivity contribution is 7.91. The lowest BCUT2D eigenvalue weighted by molar-refractivity contribution is -0.124. The molecule has 2 N–H and O–H groups in total. The predicted molar refractivity (Wildman–Crippen MR) is 102 cm³/mol. The highest BCUT2D eigenvalue weighted by Crippen LogP contribution is 2.34. The molecule has 0 aliphatic carbocycles. The number of fused-ring (bicyclic) bond motifs is 3. The number of nitrogens with zero attached hydrogens (tertiary/aromatic N) is 1. The first-order chi connectivity index (χ1) is 12.3. The second-order valence-corrected chi connectivity index (χ2v) is 10.1. The Morgan fingerprint density at radius 1 is 1.38 bits per heavy atom. The Kier molecular flexibility index (Phi) is 4.11. The number of amides is 1. The molecule has 26 heavy (non-hydrogen) atoms. The number of para-hydroxylation sites is 1. The topological polar surface area (TPSA) is 82.3 Å². The van der Waals surface area contributed by atoms with Gasteiger partial charge >= 0.3 is 0 Å². The van der Waals surface area contributed by atoms with Crippen LogP contribution in [-0.4, -0.2) is 54.3 Å². The third kappa shape index (κ3) is 3.14. The number of sulfone groups is 1. The van der Waals surface area contributed by atoms with Crippen LogP contribution in [0.5, 0.6) is 0 Å². The van der Waals surface area contributed by atoms with Crippen LogP contribution in [0.2, 0.25) is 0 Å². The van der Waals surface area contributed by atoms with Gasteiger partial charge in [0.05, 0.1) is 23.6 Å². The maximum Gasteiger partial charge on any atom is 0.234 e. The van der Waals surface area contributed by atoms with E-state index in [0.29, 0.717) is 6.42 Å². The molecule has 2 aliphatic heterocycles. The fourth-order valence-corrected chi connectivity index (χ4v) is 6.46. The van der Waals surface area contributed by atoms with Crippen LogP contribution >= 0.6 is 0 Å². The van der Waals surface area contributed by atoms with Crippen molar-refractivity contribution in [2.75, 3.05) is 24.6 Å². The van der Waals surface area contributed by atoms with Gasteiger partial charge in [-0.15, -0.1) is 0 Å². The smallest absolute Gasteiger partial charge is 0.234 e. The zero-order valence-electron chi connectivity index (χ0n) is 15.2. The molecule has 0 radical (unpaired) electrons. The van der Waals surface area contributed by atoms with Gasteiger partial charge in [0.1, 0.15) is 0 Å². The van der Waals surface area contributed by atoms with Crippen molar-refractivity contribution in [1.82, 2.24) is 15.2 Å². The Balaban J connectivity index is 1.47. The minimum absolute atomic E-state index is 0.0352. The summed E-state index contributed by atoms with van der Waals surface area (Å²) >= 11 is 0. The number of carbonyl (C=O) groups is 1. The van der Waals surface area contributed by atoms with Crippen molar-refractivity contribution >= 4 is 26.6 Å². The second-order valence-electron chi connectivity index (χ2n) is 7.91. The monoisotopic (exact) mass is 375 g/mol. The standard InChI is InChI=1S/C19H25N3O3S/c1-13-18-15(14-5-3-4-6-16(14)20-18)7-9-22(13)11-17(23)21-19(2)8-10-26(24,25)12-19/h3-6,13,20H,7-12H2,1-2H3,(H,21,23)/t13-,19+/m1/s1. The largest absolute Gasteiger partial charge is 0.357 e. The number of benzene rings is 1. The molecular formula is C19H25N3O3S. The van der Waals surface area contributed by atoms with Crippen molar-refractivity contribution in [3.05, 3.63) is 35.5 Å². The maximum absolute atomic E-state index is 12.6. The summed E-state index contributed by atoms with van der Waals surface area (Å²) in [6.45, 7) is 5.04. The van der Waals surface area contributed by atoms with Crippen molar-refractivity contribution in [2.24, 2.45) is 0 Å². The van der Waals surface area contributed by atoms with Gasteiger partial charge in [-0.1, -0.05) is 18.2 Å². The Morgan fingerprint density at radius 3 is 2.88 bits per heavy atom. The van der Waals surface area contributed by atoms with Crippen LogP contribution in [0.25, 0.3) is 10.9 Å². The van der Waals surface area contributed by atoms with Gasteiger partial charge in [-0.3, -0.25) is 9.69 Å². The molecule has 7 heteroatoms. The first-order valence-corrected chi connectivity index (χ1v) is 10.9. The average molecular weight is 375 g/mol. The quantitative estimate of drug-likeness (QED) is 0.857. The fraction of sp³-hybridized carbons (Fsp3) is 0.526. The highest BCUT2D eigenvalue weighted by Gasteiger charge is 2.40. The van der Waals surface area contributed by atoms with E-state index in [2.05, 4.69) is 40.3 Å². The molecule has 2 aromatic rings. The summed E-state index contributed by atoms with van der Waals surface area (Å²) in [5.41, 5.74) is 3.03. The summed E-state index contributed by atoms with van der Waals surface area (Å²) in [5.74, 6) is 0.0893. The van der Waals surface area contributed by atoms with Crippen LogP contribution in [0.3, 0.4) is 0 Å². The molecule has 1 fully saturated rings. The molecule has 2 aliphatic rings. The minimum atomic E-state index is -3.03. The summed E-state index contributed by atoms with van der Waals surface area (Å²) in [6, 6.07) is 8.42. The first-order valence-electron chi connectivity index (χ1n) is 9.11. The maximum atomic E-state index is 12.6. The molecule has 0 bridgehead atoms. The summed E-state index contributed by atoms with van der Waals surface area (Å²) in [5, 5.41) is 4.23. The van der Waals surface area contributed by atoms with Gasteiger partial charge in [0.15, 0.2) is 9.84 Å². The molecule has 1 saturated heterocycles. The van der Waals surface area contributed by atoms with Gasteiger partial charge in [0.25, 0.3) is 0 Å². The molecular weight excluding hydrogens is 350 g/mol. The van der Waals surface area contributed by atoms with Crippen LogP contribution in [0.4, 0.5) is 0 Å². The normalized spacial score (nSPS) is 28.2. The SMILES string of the molecule is C[C@@H]1c2[nH]c3ccccc3c2CCN1CC(=O)N[C@@]1(C)CCS(=O)(=O)C1. The Bertz CT molecular complexity index is 966. The van der Waals surface area contributed by atoms with E-state index in [1.807, 2.05) is 13.0 Å². The summed E-state index contributed by atoms with van der Waals surface area (Å²) in [6.07, 6.45) is 1.39. The molecule has 140 valence electrons. The third-order valence-electron chi connectivity index (χ3n) is 5.75. The van der Waals surface area contributed by atoms with Crippen LogP contribution < -0.4 is 5.32 Å². The first kappa shape index (κ1) is 17.5. The van der Waals surface area contributed by atoms with Crippen molar-refractivity contribution in [2.45, 2.75) is 38.3 Å². The van der Waals surface area contributed by atoms with E-state index in [1.54, 1.807) is 0 Å². The van der Waals surface area contributed by atoms with Gasteiger partial charge in [0.2, 0.25) is 5.91 Å². The Hall–Kier alpha value is -1.86. The lowest BCUT2D eigenvalue weighted by atomic mass is 9.98. The number of aromatic amines is 1. The summed E-state index contributed by atoms with van der Waals surface area (Å²) < 4.78 is 23.5. The van der Waals surface area contributed by atoms with E-state index in [9.17, 15) is 13.2 Å². The van der Waals surface area contributed by atoms with E-state index < -0.39 is 15.4 Å².